The van der Waals surface area contributed by atoms with Crippen molar-refractivity contribution in [3.63, 3.8) is 0 Å². The Hall–Kier alpha value is -3.87. The van der Waals surface area contributed by atoms with Crippen molar-refractivity contribution in [1.82, 2.24) is 0 Å². The van der Waals surface area contributed by atoms with Gasteiger partial charge in [-0.3, -0.25) is 9.59 Å². The largest absolute Gasteiger partial charge is 0.492 e. The second kappa shape index (κ2) is 10.9. The molecule has 0 aromatic heterocycles. The lowest BCUT2D eigenvalue weighted by molar-refractivity contribution is -0.115. The third-order valence-electron chi connectivity index (χ3n) is 4.53. The number of halogens is 1. The van der Waals surface area contributed by atoms with Crippen LogP contribution in [0.15, 0.2) is 66.7 Å². The Morgan fingerprint density at radius 1 is 0.812 bits per heavy atom. The number of rotatable bonds is 9. The van der Waals surface area contributed by atoms with E-state index in [0.29, 0.717) is 36.1 Å². The molecule has 0 fully saturated rings. The molecule has 0 unspecified atom stereocenters. The topological polar surface area (TPSA) is 76.7 Å². The molecule has 166 valence electrons. The van der Waals surface area contributed by atoms with E-state index in [0.717, 1.165) is 5.56 Å². The van der Waals surface area contributed by atoms with Crippen molar-refractivity contribution in [3.8, 4) is 11.5 Å². The lowest BCUT2D eigenvalue weighted by atomic mass is 10.1. The molecular formula is C25H25FN2O4. The smallest absolute Gasteiger partial charge is 0.258 e. The second-order valence-electron chi connectivity index (χ2n) is 6.86. The zero-order chi connectivity index (χ0) is 22.9. The summed E-state index contributed by atoms with van der Waals surface area (Å²) in [7, 11) is 0. The van der Waals surface area contributed by atoms with Gasteiger partial charge in [-0.25, -0.2) is 4.39 Å². The molecule has 6 nitrogen and oxygen atoms in total. The van der Waals surface area contributed by atoms with Crippen LogP contribution in [0, 0.1) is 5.82 Å². The number of benzene rings is 3. The molecule has 3 aromatic carbocycles. The van der Waals surface area contributed by atoms with Crippen LogP contribution in [0.3, 0.4) is 0 Å². The van der Waals surface area contributed by atoms with Gasteiger partial charge in [0.25, 0.3) is 5.91 Å². The first-order chi connectivity index (χ1) is 15.5. The first-order valence-corrected chi connectivity index (χ1v) is 10.3. The molecule has 3 rings (SSSR count). The molecule has 0 spiro atoms. The van der Waals surface area contributed by atoms with Crippen LogP contribution in [0.2, 0.25) is 0 Å². The van der Waals surface area contributed by atoms with Gasteiger partial charge in [-0.15, -0.1) is 0 Å². The van der Waals surface area contributed by atoms with Crippen LogP contribution in [0.25, 0.3) is 0 Å². The number of amides is 2. The molecule has 0 heterocycles. The van der Waals surface area contributed by atoms with Crippen molar-refractivity contribution in [1.29, 1.82) is 0 Å². The Labute approximate surface area is 186 Å². The maximum Gasteiger partial charge on any atom is 0.258 e. The average molecular weight is 436 g/mol. The molecule has 32 heavy (non-hydrogen) atoms. The van der Waals surface area contributed by atoms with E-state index in [2.05, 4.69) is 10.6 Å². The van der Waals surface area contributed by atoms with Crippen molar-refractivity contribution in [2.75, 3.05) is 23.8 Å². The van der Waals surface area contributed by atoms with Crippen LogP contribution in [-0.4, -0.2) is 25.0 Å². The summed E-state index contributed by atoms with van der Waals surface area (Å²) in [5, 5.41) is 5.52. The van der Waals surface area contributed by atoms with E-state index in [1.54, 1.807) is 25.1 Å². The van der Waals surface area contributed by atoms with Gasteiger partial charge < -0.3 is 20.1 Å². The van der Waals surface area contributed by atoms with Crippen LogP contribution >= 0.6 is 0 Å². The first kappa shape index (κ1) is 22.8. The van der Waals surface area contributed by atoms with Crippen molar-refractivity contribution in [3.05, 3.63) is 83.7 Å². The fourth-order valence-corrected chi connectivity index (χ4v) is 3.12. The quantitative estimate of drug-likeness (QED) is 0.492. The lowest BCUT2D eigenvalue weighted by Gasteiger charge is -2.18. The van der Waals surface area contributed by atoms with E-state index in [4.69, 9.17) is 9.47 Å². The SMILES string of the molecule is CCOc1cc(NC(=O)c2ccccc2F)c(OCC)cc1NC(=O)Cc1ccccc1. The molecule has 3 aromatic rings. The second-order valence-corrected chi connectivity index (χ2v) is 6.86. The number of ether oxygens (including phenoxy) is 2. The number of carbonyl (C=O) groups is 2. The zero-order valence-electron chi connectivity index (χ0n) is 18.0. The first-order valence-electron chi connectivity index (χ1n) is 10.3. The molecular weight excluding hydrogens is 411 g/mol. The number of nitrogens with one attached hydrogen (secondary N) is 2. The van der Waals surface area contributed by atoms with Crippen molar-refractivity contribution < 1.29 is 23.5 Å². The molecule has 2 N–H and O–H groups in total. The number of anilines is 2. The van der Waals surface area contributed by atoms with E-state index in [-0.39, 0.29) is 17.9 Å². The van der Waals surface area contributed by atoms with Crippen molar-refractivity contribution >= 4 is 23.2 Å². The standard InChI is InChI=1S/C25H25FN2O4/c1-3-31-22-16-21(28-25(30)18-12-8-9-13-19(18)26)23(32-4-2)15-20(22)27-24(29)14-17-10-6-5-7-11-17/h5-13,15-16H,3-4,14H2,1-2H3,(H,27,29)(H,28,30). The summed E-state index contributed by atoms with van der Waals surface area (Å²) in [5.74, 6) is -0.773. The van der Waals surface area contributed by atoms with Gasteiger partial charge in [-0.05, 0) is 31.5 Å². The molecule has 2 amide bonds. The van der Waals surface area contributed by atoms with Gasteiger partial charge in [-0.1, -0.05) is 42.5 Å². The minimum Gasteiger partial charge on any atom is -0.492 e. The van der Waals surface area contributed by atoms with Crippen LogP contribution in [0.1, 0.15) is 29.8 Å². The highest BCUT2D eigenvalue weighted by atomic mass is 19.1. The Morgan fingerprint density at radius 2 is 1.38 bits per heavy atom. The minimum absolute atomic E-state index is 0.0897. The Kier molecular flexibility index (Phi) is 7.80. The molecule has 0 aliphatic carbocycles. The fraction of sp³-hybridized carbons (Fsp3) is 0.200. The van der Waals surface area contributed by atoms with Gasteiger partial charge in [0.05, 0.1) is 36.6 Å². The Morgan fingerprint density at radius 3 is 1.97 bits per heavy atom. The van der Waals surface area contributed by atoms with E-state index < -0.39 is 11.7 Å². The van der Waals surface area contributed by atoms with Gasteiger partial charge in [0, 0.05) is 12.1 Å². The highest BCUT2D eigenvalue weighted by Crippen LogP contribution is 2.37. The van der Waals surface area contributed by atoms with E-state index in [1.807, 2.05) is 37.3 Å². The fourth-order valence-electron chi connectivity index (χ4n) is 3.12. The maximum absolute atomic E-state index is 14.0. The minimum atomic E-state index is -0.627. The van der Waals surface area contributed by atoms with Gasteiger partial charge in [0.2, 0.25) is 5.91 Å². The third kappa shape index (κ3) is 5.85. The molecule has 0 saturated carbocycles. The van der Waals surface area contributed by atoms with Gasteiger partial charge in [0.15, 0.2) is 0 Å². The van der Waals surface area contributed by atoms with Crippen molar-refractivity contribution in [2.45, 2.75) is 20.3 Å². The normalized spacial score (nSPS) is 10.3. The predicted octanol–water partition coefficient (Wildman–Crippen LogP) is 5.06. The van der Waals surface area contributed by atoms with E-state index in [1.165, 1.54) is 18.2 Å². The molecule has 0 atom stereocenters. The number of carbonyl (C=O) groups excluding carboxylic acids is 2. The Balaban J connectivity index is 1.88. The van der Waals surface area contributed by atoms with E-state index >= 15 is 0 Å². The highest BCUT2D eigenvalue weighted by Gasteiger charge is 2.18. The van der Waals surface area contributed by atoms with Crippen LogP contribution in [-0.2, 0) is 11.2 Å². The molecule has 0 bridgehead atoms. The summed E-state index contributed by atoms with van der Waals surface area (Å²) in [6.45, 7) is 4.28. The summed E-state index contributed by atoms with van der Waals surface area (Å²) < 4.78 is 25.4. The molecule has 7 heteroatoms. The average Bonchev–Trinajstić information content (AvgIpc) is 2.77. The summed E-state index contributed by atoms with van der Waals surface area (Å²) in [4.78, 5) is 25.2. The molecule has 0 radical (unpaired) electrons. The van der Waals surface area contributed by atoms with Gasteiger partial charge in [-0.2, -0.15) is 0 Å². The highest BCUT2D eigenvalue weighted by molar-refractivity contribution is 6.06. The number of hydrogen-bond acceptors (Lipinski definition) is 4. The van der Waals surface area contributed by atoms with Crippen LogP contribution in [0.4, 0.5) is 15.8 Å². The summed E-state index contributed by atoms with van der Waals surface area (Å²) in [6.07, 6.45) is 0.197. The predicted molar refractivity (Wildman–Crippen MR) is 122 cm³/mol. The third-order valence-corrected chi connectivity index (χ3v) is 4.53. The van der Waals surface area contributed by atoms with Crippen LogP contribution in [0.5, 0.6) is 11.5 Å². The van der Waals surface area contributed by atoms with Crippen LogP contribution < -0.4 is 20.1 Å². The van der Waals surface area contributed by atoms with E-state index in [9.17, 15) is 14.0 Å². The maximum atomic E-state index is 14.0. The summed E-state index contributed by atoms with van der Waals surface area (Å²) in [6, 6.07) is 18.2. The molecule has 0 aliphatic heterocycles. The monoisotopic (exact) mass is 436 g/mol. The Bertz CT molecular complexity index is 1090. The summed E-state index contributed by atoms with van der Waals surface area (Å²) in [5.41, 5.74) is 1.51. The van der Waals surface area contributed by atoms with Crippen molar-refractivity contribution in [2.24, 2.45) is 0 Å². The van der Waals surface area contributed by atoms with Gasteiger partial charge in [0.1, 0.15) is 17.3 Å². The molecule has 0 aliphatic rings. The zero-order valence-corrected chi connectivity index (χ0v) is 18.0. The number of hydrogen-bond donors (Lipinski definition) is 2. The van der Waals surface area contributed by atoms with Gasteiger partial charge >= 0.3 is 0 Å². The lowest BCUT2D eigenvalue weighted by Crippen LogP contribution is -2.17. The summed E-state index contributed by atoms with van der Waals surface area (Å²) >= 11 is 0. The molecule has 0 saturated heterocycles.